The zero-order chi connectivity index (χ0) is 47.6. The first-order chi connectivity index (χ1) is 32.9. The summed E-state index contributed by atoms with van der Waals surface area (Å²) in [7, 11) is 1.92. The third-order valence-corrected chi connectivity index (χ3v) is 14.1. The molecule has 5 heterocycles. The van der Waals surface area contributed by atoms with Crippen LogP contribution in [0.2, 0.25) is 0 Å². The Morgan fingerprint density at radius 1 is 0.868 bits per heavy atom. The van der Waals surface area contributed by atoms with E-state index in [2.05, 4.69) is 41.4 Å². The van der Waals surface area contributed by atoms with Crippen LogP contribution in [-0.2, 0) is 55.5 Å². The van der Waals surface area contributed by atoms with Crippen molar-refractivity contribution in [1.29, 1.82) is 5.26 Å². The van der Waals surface area contributed by atoms with Crippen molar-refractivity contribution in [3.63, 3.8) is 0 Å². The van der Waals surface area contributed by atoms with Crippen LogP contribution in [0, 0.1) is 25.2 Å². The van der Waals surface area contributed by atoms with E-state index in [0.29, 0.717) is 90.7 Å². The standard InChI is InChI=1S/C55H59N7O6/c1-6-61-36(3)47(31-44(61)32-56)52-51(54(65)57-43-13-15-45(63)16-14-43)37(4)58(5)53(52)48-29-40-19-20-60(50(64)28-38-11-17-46(18-12-38)68-26-23-59-21-24-67-25-22-59)33-42(40)30-49(48)55(66)62-34-41-10-8-7-9-39(41)27-35(62)2/h7-18,29-31,35,63H,6,19-28,33-34H2,1-5H3,(H,57,65)/t35-/m1/s1. The van der Waals surface area contributed by atoms with Gasteiger partial charge in [-0.15, -0.1) is 0 Å². The van der Waals surface area contributed by atoms with Crippen LogP contribution in [-0.4, -0.2) is 98.7 Å². The second-order valence-electron chi connectivity index (χ2n) is 18.2. The van der Waals surface area contributed by atoms with Crippen molar-refractivity contribution in [3.8, 4) is 40.0 Å². The molecule has 13 heteroatoms. The van der Waals surface area contributed by atoms with Crippen LogP contribution >= 0.6 is 0 Å². The maximum atomic E-state index is 15.5. The Morgan fingerprint density at radius 3 is 2.31 bits per heavy atom. The highest BCUT2D eigenvalue weighted by Crippen LogP contribution is 2.44. The molecule has 1 saturated heterocycles. The van der Waals surface area contributed by atoms with Crippen molar-refractivity contribution in [2.75, 3.05) is 51.3 Å². The second kappa shape index (κ2) is 19.6. The molecular formula is C55H59N7O6. The van der Waals surface area contributed by atoms with Gasteiger partial charge < -0.3 is 38.8 Å². The Bertz CT molecular complexity index is 2920. The number of hydrogen-bond acceptors (Lipinski definition) is 8. The number of ether oxygens (including phenoxy) is 2. The van der Waals surface area contributed by atoms with Gasteiger partial charge in [0.2, 0.25) is 5.91 Å². The number of fused-ring (bicyclic) bond motifs is 2. The number of benzene rings is 4. The quantitative estimate of drug-likeness (QED) is 0.117. The fourth-order valence-corrected chi connectivity index (χ4v) is 10.2. The first kappa shape index (κ1) is 46.0. The number of rotatable bonds is 12. The van der Waals surface area contributed by atoms with Crippen LogP contribution < -0.4 is 10.1 Å². The molecule has 0 aliphatic carbocycles. The number of anilines is 1. The molecule has 13 nitrogen and oxygen atoms in total. The minimum atomic E-state index is -0.362. The van der Waals surface area contributed by atoms with Crippen molar-refractivity contribution in [3.05, 3.63) is 147 Å². The van der Waals surface area contributed by atoms with Gasteiger partial charge in [0.05, 0.1) is 30.9 Å². The van der Waals surface area contributed by atoms with Gasteiger partial charge in [0.25, 0.3) is 11.8 Å². The van der Waals surface area contributed by atoms with Crippen LogP contribution in [0.1, 0.15) is 79.5 Å². The maximum absolute atomic E-state index is 15.5. The molecule has 9 rings (SSSR count). The van der Waals surface area contributed by atoms with Gasteiger partial charge in [-0.2, -0.15) is 5.26 Å². The number of nitrogens with one attached hydrogen (secondary N) is 1. The highest BCUT2D eigenvalue weighted by atomic mass is 16.5. The summed E-state index contributed by atoms with van der Waals surface area (Å²) >= 11 is 0. The number of phenolic OH excluding ortho intramolecular Hbond substituents is 1. The number of aromatic hydroxyl groups is 1. The summed E-state index contributed by atoms with van der Waals surface area (Å²) < 4.78 is 15.4. The summed E-state index contributed by atoms with van der Waals surface area (Å²) in [6.45, 7) is 14.5. The SMILES string of the molecule is CCn1c(C#N)cc(-c2c(C(=O)Nc3ccc(O)cc3)c(C)n(C)c2-c2cc3c(cc2C(=O)N2Cc4ccccc4C[C@H]2C)CN(C(=O)Cc2ccc(OCCN4CCOCC4)cc2)CC3)c1C. The molecule has 4 aromatic carbocycles. The zero-order valence-corrected chi connectivity index (χ0v) is 39.6. The summed E-state index contributed by atoms with van der Waals surface area (Å²) in [5, 5.41) is 23.4. The van der Waals surface area contributed by atoms with Crippen molar-refractivity contribution >= 4 is 23.4 Å². The number of morpholine rings is 1. The lowest BCUT2D eigenvalue weighted by Crippen LogP contribution is -2.43. The van der Waals surface area contributed by atoms with E-state index in [1.54, 1.807) is 12.1 Å². The molecule has 3 amide bonds. The van der Waals surface area contributed by atoms with E-state index >= 15 is 4.79 Å². The van der Waals surface area contributed by atoms with Gasteiger partial charge in [0.1, 0.15) is 29.9 Å². The van der Waals surface area contributed by atoms with Gasteiger partial charge in [-0.05, 0) is 123 Å². The van der Waals surface area contributed by atoms with E-state index < -0.39 is 0 Å². The van der Waals surface area contributed by atoms with Crippen LogP contribution in [0.15, 0.2) is 91.0 Å². The van der Waals surface area contributed by atoms with Crippen molar-refractivity contribution in [2.45, 2.75) is 72.6 Å². The number of hydrogen-bond donors (Lipinski definition) is 2. The lowest BCUT2D eigenvalue weighted by atomic mass is 9.87. The smallest absolute Gasteiger partial charge is 0.258 e. The van der Waals surface area contributed by atoms with Crippen molar-refractivity contribution < 1.29 is 29.0 Å². The number of amides is 3. The summed E-state index contributed by atoms with van der Waals surface area (Å²) in [4.78, 5) is 50.4. The fourth-order valence-electron chi connectivity index (χ4n) is 10.2. The number of nitriles is 1. The molecule has 1 fully saturated rings. The highest BCUT2D eigenvalue weighted by molar-refractivity contribution is 6.14. The predicted molar refractivity (Wildman–Crippen MR) is 262 cm³/mol. The average molecular weight is 914 g/mol. The average Bonchev–Trinajstić information content (AvgIpc) is 3.81. The fraction of sp³-hybridized carbons (Fsp3) is 0.345. The zero-order valence-electron chi connectivity index (χ0n) is 39.6. The van der Waals surface area contributed by atoms with Gasteiger partial charge in [0, 0.05) is 98.2 Å². The summed E-state index contributed by atoms with van der Waals surface area (Å²) in [6, 6.07) is 30.5. The molecule has 68 heavy (non-hydrogen) atoms. The third kappa shape index (κ3) is 9.14. The molecule has 3 aliphatic heterocycles. The van der Waals surface area contributed by atoms with Crippen molar-refractivity contribution in [1.82, 2.24) is 23.8 Å². The third-order valence-electron chi connectivity index (χ3n) is 14.1. The van der Waals surface area contributed by atoms with Crippen LogP contribution in [0.5, 0.6) is 11.5 Å². The van der Waals surface area contributed by atoms with Gasteiger partial charge in [-0.1, -0.05) is 36.4 Å². The minimum Gasteiger partial charge on any atom is -0.508 e. The molecule has 2 aromatic heterocycles. The van der Waals surface area contributed by atoms with E-state index in [-0.39, 0.29) is 35.9 Å². The van der Waals surface area contributed by atoms with Gasteiger partial charge in [-0.3, -0.25) is 19.3 Å². The largest absolute Gasteiger partial charge is 0.508 e. The molecule has 0 saturated carbocycles. The van der Waals surface area contributed by atoms with E-state index in [1.807, 2.05) is 95.3 Å². The molecule has 0 bridgehead atoms. The minimum absolute atomic E-state index is 0.00341. The molecule has 6 aromatic rings. The molecule has 2 N–H and O–H groups in total. The normalized spacial score (nSPS) is 15.9. The number of carbonyl (C=O) groups is 3. The number of carbonyl (C=O) groups excluding carboxylic acids is 3. The first-order valence-electron chi connectivity index (χ1n) is 23.7. The molecule has 1 atom stereocenters. The Balaban J connectivity index is 1.09. The summed E-state index contributed by atoms with van der Waals surface area (Å²) in [5.41, 5.74) is 11.2. The maximum Gasteiger partial charge on any atom is 0.258 e. The molecule has 0 radical (unpaired) electrons. The Labute approximate surface area is 398 Å². The van der Waals surface area contributed by atoms with Crippen LogP contribution in [0.3, 0.4) is 0 Å². The van der Waals surface area contributed by atoms with E-state index in [0.717, 1.165) is 72.1 Å². The Hall–Kier alpha value is -7.14. The topological polar surface area (TPSA) is 145 Å². The lowest BCUT2D eigenvalue weighted by molar-refractivity contribution is -0.131. The van der Waals surface area contributed by atoms with Crippen molar-refractivity contribution in [2.24, 2.45) is 7.05 Å². The Kier molecular flexibility index (Phi) is 13.3. The summed E-state index contributed by atoms with van der Waals surface area (Å²) in [5.74, 6) is 0.354. The molecular weight excluding hydrogens is 855 g/mol. The number of phenols is 1. The molecule has 0 spiro atoms. The van der Waals surface area contributed by atoms with Gasteiger partial charge >= 0.3 is 0 Å². The molecule has 0 unspecified atom stereocenters. The monoisotopic (exact) mass is 913 g/mol. The Morgan fingerprint density at radius 2 is 1.60 bits per heavy atom. The summed E-state index contributed by atoms with van der Waals surface area (Å²) in [6.07, 6.45) is 1.52. The van der Waals surface area contributed by atoms with Crippen LogP contribution in [0.25, 0.3) is 22.4 Å². The first-order valence-corrected chi connectivity index (χ1v) is 23.7. The van der Waals surface area contributed by atoms with Gasteiger partial charge in [-0.25, -0.2) is 0 Å². The molecule has 350 valence electrons. The number of aromatic nitrogens is 2. The second-order valence-corrected chi connectivity index (χ2v) is 18.2. The highest BCUT2D eigenvalue weighted by Gasteiger charge is 2.35. The lowest BCUT2D eigenvalue weighted by Gasteiger charge is -2.36. The van der Waals surface area contributed by atoms with E-state index in [1.165, 1.54) is 17.7 Å². The molecule has 3 aliphatic rings. The van der Waals surface area contributed by atoms with E-state index in [9.17, 15) is 20.0 Å². The van der Waals surface area contributed by atoms with E-state index in [4.69, 9.17) is 9.47 Å². The predicted octanol–water partition coefficient (Wildman–Crippen LogP) is 8.05. The van der Waals surface area contributed by atoms with Gasteiger partial charge in [0.15, 0.2) is 0 Å². The number of nitrogens with zero attached hydrogens (tertiary/aromatic N) is 6. The van der Waals surface area contributed by atoms with Crippen LogP contribution in [0.4, 0.5) is 5.69 Å².